The first-order valence-electron chi connectivity index (χ1n) is 7.94. The molecule has 0 aliphatic heterocycles. The average molecular weight is 361 g/mol. The highest BCUT2D eigenvalue weighted by Crippen LogP contribution is 2.07. The minimum absolute atomic E-state index is 0.00267. The van der Waals surface area contributed by atoms with E-state index in [4.69, 9.17) is 15.9 Å². The van der Waals surface area contributed by atoms with E-state index < -0.39 is 54.4 Å². The molecule has 10 nitrogen and oxygen atoms in total. The summed E-state index contributed by atoms with van der Waals surface area (Å²) >= 11 is 0. The van der Waals surface area contributed by atoms with Gasteiger partial charge >= 0.3 is 11.9 Å². The zero-order chi connectivity index (χ0) is 19.7. The molecule has 0 heterocycles. The number of aliphatic hydroxyl groups excluding tert-OH is 1. The van der Waals surface area contributed by atoms with E-state index in [0.29, 0.717) is 0 Å². The lowest BCUT2D eigenvalue weighted by Gasteiger charge is -2.23. The van der Waals surface area contributed by atoms with Crippen LogP contribution in [-0.4, -0.2) is 63.3 Å². The molecule has 2 amide bonds. The molecule has 4 atom stereocenters. The van der Waals surface area contributed by atoms with E-state index >= 15 is 0 Å². The number of carboxylic acid groups (broad SMARTS) is 2. The summed E-state index contributed by atoms with van der Waals surface area (Å²) in [6.07, 6.45) is -1.65. The van der Waals surface area contributed by atoms with Crippen molar-refractivity contribution in [1.82, 2.24) is 10.6 Å². The third-order valence-electron chi connectivity index (χ3n) is 3.42. The van der Waals surface area contributed by atoms with Crippen molar-refractivity contribution < 1.29 is 34.5 Å². The summed E-state index contributed by atoms with van der Waals surface area (Å²) in [6.45, 7) is 4.86. The van der Waals surface area contributed by atoms with Crippen molar-refractivity contribution in [1.29, 1.82) is 0 Å². The third kappa shape index (κ3) is 9.01. The van der Waals surface area contributed by atoms with Crippen molar-refractivity contribution in [2.24, 2.45) is 11.7 Å². The summed E-state index contributed by atoms with van der Waals surface area (Å²) in [5, 5.41) is 31.8. The first-order chi connectivity index (χ1) is 11.5. The van der Waals surface area contributed by atoms with E-state index in [1.54, 1.807) is 13.8 Å². The van der Waals surface area contributed by atoms with Crippen LogP contribution in [0.15, 0.2) is 0 Å². The Morgan fingerprint density at radius 3 is 1.88 bits per heavy atom. The van der Waals surface area contributed by atoms with Gasteiger partial charge in [-0.1, -0.05) is 13.8 Å². The van der Waals surface area contributed by atoms with Gasteiger partial charge in [0.2, 0.25) is 11.8 Å². The van der Waals surface area contributed by atoms with Crippen molar-refractivity contribution in [2.75, 3.05) is 0 Å². The fourth-order valence-electron chi connectivity index (χ4n) is 1.99. The molecule has 0 saturated carbocycles. The fourth-order valence-corrected chi connectivity index (χ4v) is 1.99. The van der Waals surface area contributed by atoms with E-state index in [9.17, 15) is 24.3 Å². The van der Waals surface area contributed by atoms with E-state index in [1.807, 2.05) is 0 Å². The number of carboxylic acids is 2. The number of carbonyl (C=O) groups excluding carboxylic acids is 2. The van der Waals surface area contributed by atoms with Gasteiger partial charge < -0.3 is 31.7 Å². The van der Waals surface area contributed by atoms with Gasteiger partial charge in [-0.05, 0) is 25.7 Å². The molecule has 7 N–H and O–H groups in total. The largest absolute Gasteiger partial charge is 0.481 e. The number of hydrogen-bond acceptors (Lipinski definition) is 6. The topological polar surface area (TPSA) is 179 Å². The minimum Gasteiger partial charge on any atom is -0.481 e. The lowest BCUT2D eigenvalue weighted by molar-refractivity contribution is -0.143. The van der Waals surface area contributed by atoms with Crippen molar-refractivity contribution in [3.8, 4) is 0 Å². The Morgan fingerprint density at radius 1 is 0.960 bits per heavy atom. The SMILES string of the molecule is CC(C)C[C@H](NC(=O)[C@H](CCC(=O)O)NC(=O)[C@@H](N)[C@@H](C)O)C(=O)O. The maximum Gasteiger partial charge on any atom is 0.326 e. The molecule has 0 aromatic heterocycles. The van der Waals surface area contributed by atoms with Gasteiger partial charge in [-0.3, -0.25) is 14.4 Å². The van der Waals surface area contributed by atoms with Crippen molar-refractivity contribution in [3.63, 3.8) is 0 Å². The molecule has 0 spiro atoms. The van der Waals surface area contributed by atoms with E-state index in [-0.39, 0.29) is 18.8 Å². The second-order valence-corrected chi connectivity index (χ2v) is 6.29. The molecule has 0 aromatic carbocycles. The average Bonchev–Trinajstić information content (AvgIpc) is 2.48. The molecule has 0 saturated heterocycles. The summed E-state index contributed by atoms with van der Waals surface area (Å²) in [5.74, 6) is -4.07. The van der Waals surface area contributed by atoms with Gasteiger partial charge in [0, 0.05) is 6.42 Å². The summed E-state index contributed by atoms with van der Waals surface area (Å²) in [5.41, 5.74) is 5.48. The number of rotatable bonds is 11. The smallest absolute Gasteiger partial charge is 0.326 e. The van der Waals surface area contributed by atoms with Crippen LogP contribution in [0.25, 0.3) is 0 Å². The summed E-state index contributed by atoms with van der Waals surface area (Å²) < 4.78 is 0. The highest BCUT2D eigenvalue weighted by Gasteiger charge is 2.29. The second kappa shape index (κ2) is 10.6. The molecule has 0 aliphatic rings. The number of carbonyl (C=O) groups is 4. The van der Waals surface area contributed by atoms with Gasteiger partial charge in [-0.2, -0.15) is 0 Å². The quantitative estimate of drug-likeness (QED) is 0.261. The maximum absolute atomic E-state index is 12.3. The number of hydrogen-bond donors (Lipinski definition) is 6. The Labute approximate surface area is 145 Å². The third-order valence-corrected chi connectivity index (χ3v) is 3.42. The zero-order valence-electron chi connectivity index (χ0n) is 14.6. The summed E-state index contributed by atoms with van der Waals surface area (Å²) in [4.78, 5) is 46.2. The Kier molecular flexibility index (Phi) is 9.69. The predicted octanol–water partition coefficient (Wildman–Crippen LogP) is -1.34. The van der Waals surface area contributed by atoms with Crippen molar-refractivity contribution in [3.05, 3.63) is 0 Å². The number of amides is 2. The lowest BCUT2D eigenvalue weighted by atomic mass is 10.0. The summed E-state index contributed by atoms with van der Waals surface area (Å²) in [7, 11) is 0. The molecule has 10 heteroatoms. The summed E-state index contributed by atoms with van der Waals surface area (Å²) in [6, 6.07) is -3.74. The Bertz CT molecular complexity index is 494. The Hall–Kier alpha value is -2.20. The van der Waals surface area contributed by atoms with Crippen LogP contribution in [0, 0.1) is 5.92 Å². The minimum atomic E-state index is -1.30. The number of nitrogens with two attached hydrogens (primary N) is 1. The molecule has 0 aromatic rings. The van der Waals surface area contributed by atoms with Crippen LogP contribution in [0.5, 0.6) is 0 Å². The van der Waals surface area contributed by atoms with E-state index in [2.05, 4.69) is 10.6 Å². The molecule has 144 valence electrons. The number of aliphatic hydroxyl groups is 1. The van der Waals surface area contributed by atoms with Crippen LogP contribution >= 0.6 is 0 Å². The molecule has 0 rings (SSSR count). The van der Waals surface area contributed by atoms with Gasteiger partial charge in [0.05, 0.1) is 6.10 Å². The molecular weight excluding hydrogens is 334 g/mol. The zero-order valence-corrected chi connectivity index (χ0v) is 14.6. The first-order valence-corrected chi connectivity index (χ1v) is 7.94. The van der Waals surface area contributed by atoms with Gasteiger partial charge in [-0.15, -0.1) is 0 Å². The standard InChI is InChI=1S/C15H27N3O7/c1-7(2)6-10(15(24)25)18-13(22)9(4-5-11(20)21)17-14(23)12(16)8(3)19/h7-10,12,19H,4-6,16H2,1-3H3,(H,17,23)(H,18,22)(H,20,21)(H,24,25)/t8-,9+,10+,12+/m1/s1. The van der Waals surface area contributed by atoms with Crippen molar-refractivity contribution in [2.45, 2.75) is 64.3 Å². The van der Waals surface area contributed by atoms with Gasteiger partial charge in [-0.25, -0.2) is 4.79 Å². The highest BCUT2D eigenvalue weighted by molar-refractivity contribution is 5.92. The van der Waals surface area contributed by atoms with Crippen molar-refractivity contribution >= 4 is 23.8 Å². The van der Waals surface area contributed by atoms with Crippen LogP contribution in [0.3, 0.4) is 0 Å². The van der Waals surface area contributed by atoms with Gasteiger partial charge in [0.25, 0.3) is 0 Å². The molecular formula is C15H27N3O7. The van der Waals surface area contributed by atoms with Crippen LogP contribution in [-0.2, 0) is 19.2 Å². The molecule has 0 bridgehead atoms. The van der Waals surface area contributed by atoms with E-state index in [1.165, 1.54) is 6.92 Å². The Morgan fingerprint density at radius 2 is 1.48 bits per heavy atom. The normalized spacial score (nSPS) is 15.8. The van der Waals surface area contributed by atoms with Crippen LogP contribution in [0.4, 0.5) is 0 Å². The van der Waals surface area contributed by atoms with Crippen LogP contribution in [0.1, 0.15) is 40.0 Å². The van der Waals surface area contributed by atoms with Gasteiger partial charge in [0.15, 0.2) is 0 Å². The number of nitrogens with one attached hydrogen (secondary N) is 2. The Balaban J connectivity index is 5.10. The molecule has 0 fully saturated rings. The molecule has 0 radical (unpaired) electrons. The monoisotopic (exact) mass is 361 g/mol. The lowest BCUT2D eigenvalue weighted by Crippen LogP contribution is -2.56. The van der Waals surface area contributed by atoms with Gasteiger partial charge in [0.1, 0.15) is 18.1 Å². The molecule has 0 aliphatic carbocycles. The molecule has 0 unspecified atom stereocenters. The predicted molar refractivity (Wildman–Crippen MR) is 87.5 cm³/mol. The second-order valence-electron chi connectivity index (χ2n) is 6.29. The highest BCUT2D eigenvalue weighted by atomic mass is 16.4. The fraction of sp³-hybridized carbons (Fsp3) is 0.733. The number of aliphatic carboxylic acids is 2. The van der Waals surface area contributed by atoms with E-state index in [0.717, 1.165) is 0 Å². The van der Waals surface area contributed by atoms with Crippen LogP contribution in [0.2, 0.25) is 0 Å². The maximum atomic E-state index is 12.3. The van der Waals surface area contributed by atoms with Crippen LogP contribution < -0.4 is 16.4 Å². The molecule has 25 heavy (non-hydrogen) atoms. The first kappa shape index (κ1) is 22.8.